The third-order valence-corrected chi connectivity index (χ3v) is 5.30. The summed E-state index contributed by atoms with van der Waals surface area (Å²) in [6.45, 7) is 6.94. The minimum atomic E-state index is 0.510. The predicted octanol–water partition coefficient (Wildman–Crippen LogP) is 3.30. The third kappa shape index (κ3) is 3.43. The zero-order chi connectivity index (χ0) is 21.4. The first-order valence-corrected chi connectivity index (χ1v) is 10.1. The Morgan fingerprint density at radius 2 is 1.90 bits per heavy atom. The van der Waals surface area contributed by atoms with Crippen LogP contribution >= 0.6 is 0 Å². The number of aryl methyl sites for hydroxylation is 3. The van der Waals surface area contributed by atoms with E-state index in [0.29, 0.717) is 18.1 Å². The van der Waals surface area contributed by atoms with Gasteiger partial charge < -0.3 is 4.57 Å². The molecule has 9 heteroatoms. The lowest BCUT2D eigenvalue weighted by molar-refractivity contribution is 0.745. The molecule has 9 nitrogen and oxygen atoms in total. The number of nitrogens with one attached hydrogen (secondary N) is 1. The molecule has 154 valence electrons. The molecule has 0 spiro atoms. The van der Waals surface area contributed by atoms with E-state index < -0.39 is 0 Å². The second-order valence-corrected chi connectivity index (χ2v) is 7.45. The highest BCUT2D eigenvalue weighted by molar-refractivity contribution is 5.77. The van der Waals surface area contributed by atoms with Crippen molar-refractivity contribution in [3.05, 3.63) is 65.5 Å². The number of pyridine rings is 1. The van der Waals surface area contributed by atoms with E-state index in [9.17, 15) is 0 Å². The molecule has 0 saturated heterocycles. The molecule has 0 aliphatic rings. The molecular weight excluding hydrogens is 390 g/mol. The van der Waals surface area contributed by atoms with Crippen LogP contribution < -0.4 is 0 Å². The maximum atomic E-state index is 4.83. The first-order chi connectivity index (χ1) is 15.1. The molecule has 0 unspecified atom stereocenters. The summed E-state index contributed by atoms with van der Waals surface area (Å²) in [5, 5.41) is 14.0. The van der Waals surface area contributed by atoms with Crippen LogP contribution in [0.5, 0.6) is 0 Å². The van der Waals surface area contributed by atoms with Gasteiger partial charge in [0.2, 0.25) is 0 Å². The number of aromatic nitrogens is 9. The number of rotatable bonds is 5. The minimum Gasteiger partial charge on any atom is -0.308 e. The first kappa shape index (κ1) is 19.0. The monoisotopic (exact) mass is 411 g/mol. The fourth-order valence-electron chi connectivity index (χ4n) is 3.85. The Hall–Kier alpha value is -4.01. The van der Waals surface area contributed by atoms with Gasteiger partial charge in [-0.15, -0.1) is 5.10 Å². The maximum absolute atomic E-state index is 4.83. The van der Waals surface area contributed by atoms with Crippen molar-refractivity contribution < 1.29 is 0 Å². The molecule has 1 aromatic carbocycles. The Morgan fingerprint density at radius 1 is 1.06 bits per heavy atom. The van der Waals surface area contributed by atoms with Crippen molar-refractivity contribution >= 4 is 11.2 Å². The van der Waals surface area contributed by atoms with Crippen molar-refractivity contribution in [2.24, 2.45) is 0 Å². The van der Waals surface area contributed by atoms with Crippen molar-refractivity contribution in [1.82, 2.24) is 45.1 Å². The van der Waals surface area contributed by atoms with Gasteiger partial charge in [-0.2, -0.15) is 0 Å². The quantitative estimate of drug-likeness (QED) is 0.472. The lowest BCUT2D eigenvalue weighted by Gasteiger charge is -2.10. The van der Waals surface area contributed by atoms with Gasteiger partial charge in [0.05, 0.1) is 6.54 Å². The van der Waals surface area contributed by atoms with Crippen LogP contribution in [0.2, 0.25) is 0 Å². The summed E-state index contributed by atoms with van der Waals surface area (Å²) >= 11 is 0. The zero-order valence-corrected chi connectivity index (χ0v) is 17.5. The van der Waals surface area contributed by atoms with Crippen LogP contribution in [0.4, 0.5) is 0 Å². The van der Waals surface area contributed by atoms with Crippen LogP contribution in [-0.2, 0) is 13.0 Å². The fourth-order valence-corrected chi connectivity index (χ4v) is 3.85. The lowest BCUT2D eigenvalue weighted by Crippen LogP contribution is -2.05. The number of hydrogen-bond acceptors (Lipinski definition) is 7. The number of aromatic amines is 1. The van der Waals surface area contributed by atoms with E-state index in [1.54, 1.807) is 6.20 Å². The second kappa shape index (κ2) is 7.67. The number of imidazole rings is 1. The van der Waals surface area contributed by atoms with Crippen LogP contribution in [0.25, 0.3) is 33.8 Å². The zero-order valence-electron chi connectivity index (χ0n) is 17.5. The summed E-state index contributed by atoms with van der Waals surface area (Å²) in [7, 11) is 0. The lowest BCUT2D eigenvalue weighted by atomic mass is 10.0. The number of hydrogen-bond donors (Lipinski definition) is 1. The Bertz CT molecular complexity index is 1350. The number of benzene rings is 1. The van der Waals surface area contributed by atoms with Crippen LogP contribution in [0.15, 0.2) is 42.9 Å². The van der Waals surface area contributed by atoms with Crippen LogP contribution in [-0.4, -0.2) is 45.1 Å². The van der Waals surface area contributed by atoms with Gasteiger partial charge in [0, 0.05) is 23.9 Å². The van der Waals surface area contributed by atoms with Crippen molar-refractivity contribution in [2.75, 3.05) is 0 Å². The van der Waals surface area contributed by atoms with Crippen molar-refractivity contribution in [2.45, 2.75) is 33.7 Å². The molecule has 0 bridgehead atoms. The van der Waals surface area contributed by atoms with E-state index >= 15 is 0 Å². The van der Waals surface area contributed by atoms with Gasteiger partial charge in [0.1, 0.15) is 23.4 Å². The highest BCUT2D eigenvalue weighted by atomic mass is 15.5. The van der Waals surface area contributed by atoms with Crippen LogP contribution in [0.3, 0.4) is 0 Å². The molecule has 5 rings (SSSR count). The van der Waals surface area contributed by atoms with Crippen LogP contribution in [0, 0.1) is 13.8 Å². The summed E-state index contributed by atoms with van der Waals surface area (Å²) in [6.07, 6.45) is 4.11. The summed E-state index contributed by atoms with van der Waals surface area (Å²) in [4.78, 5) is 18.1. The predicted molar refractivity (Wildman–Crippen MR) is 116 cm³/mol. The number of H-pyrrole nitrogens is 1. The molecule has 4 heterocycles. The average Bonchev–Trinajstić information content (AvgIpc) is 3.43. The smallest absolute Gasteiger partial charge is 0.198 e. The highest BCUT2D eigenvalue weighted by Gasteiger charge is 2.15. The molecule has 4 aromatic heterocycles. The largest absolute Gasteiger partial charge is 0.308 e. The van der Waals surface area contributed by atoms with Crippen molar-refractivity contribution in [1.29, 1.82) is 0 Å². The molecule has 0 saturated carbocycles. The Balaban J connectivity index is 1.51. The average molecular weight is 411 g/mol. The molecule has 1 N–H and O–H groups in total. The fraction of sp³-hybridized carbons (Fsp3) is 0.227. The number of nitrogens with zero attached hydrogens (tertiary/aromatic N) is 8. The summed E-state index contributed by atoms with van der Waals surface area (Å²) in [5.41, 5.74) is 7.76. The van der Waals surface area contributed by atoms with Gasteiger partial charge in [0.25, 0.3) is 0 Å². The van der Waals surface area contributed by atoms with E-state index in [0.717, 1.165) is 45.8 Å². The second-order valence-electron chi connectivity index (χ2n) is 7.45. The van der Waals surface area contributed by atoms with Gasteiger partial charge in [-0.25, -0.2) is 25.0 Å². The Kier molecular flexibility index (Phi) is 4.70. The molecule has 0 fully saturated rings. The van der Waals surface area contributed by atoms with Gasteiger partial charge in [0.15, 0.2) is 11.5 Å². The SMILES string of the molecule is CCc1nc2c(C)cc(C)nc2n1Cc1ccc(-c2cncnc2-c2nnn[nH]2)cc1. The topological polar surface area (TPSA) is 111 Å². The normalized spacial score (nSPS) is 11.3. The molecule has 5 aromatic rings. The number of tetrazole rings is 1. The van der Waals surface area contributed by atoms with Crippen molar-refractivity contribution in [3.8, 4) is 22.6 Å². The molecule has 0 radical (unpaired) electrons. The van der Waals surface area contributed by atoms with E-state index in [2.05, 4.69) is 79.3 Å². The van der Waals surface area contributed by atoms with Crippen molar-refractivity contribution in [3.63, 3.8) is 0 Å². The minimum absolute atomic E-state index is 0.510. The van der Waals surface area contributed by atoms with Gasteiger partial charge in [-0.1, -0.05) is 31.2 Å². The molecule has 31 heavy (non-hydrogen) atoms. The molecule has 0 amide bonds. The standard InChI is InChI=1S/C22H21N9/c1-4-18-26-19-13(2)9-14(3)25-22(19)31(18)11-15-5-7-16(8-6-15)17-10-23-12-24-20(17)21-27-29-30-28-21/h5-10,12H,4,11H2,1-3H3,(H,27,28,29,30). The van der Waals surface area contributed by atoms with E-state index in [1.165, 1.54) is 11.9 Å². The molecule has 0 atom stereocenters. The molecule has 0 aliphatic carbocycles. The maximum Gasteiger partial charge on any atom is 0.198 e. The molecular formula is C22H21N9. The Morgan fingerprint density at radius 3 is 2.65 bits per heavy atom. The van der Waals surface area contributed by atoms with Gasteiger partial charge in [-0.05, 0) is 47.0 Å². The third-order valence-electron chi connectivity index (χ3n) is 5.30. The van der Waals surface area contributed by atoms with E-state index in [1.807, 2.05) is 6.92 Å². The van der Waals surface area contributed by atoms with Crippen LogP contribution in [0.1, 0.15) is 29.6 Å². The summed E-state index contributed by atoms with van der Waals surface area (Å²) in [5.74, 6) is 1.55. The van der Waals surface area contributed by atoms with E-state index in [-0.39, 0.29) is 0 Å². The summed E-state index contributed by atoms with van der Waals surface area (Å²) in [6, 6.07) is 10.4. The van der Waals surface area contributed by atoms with E-state index in [4.69, 9.17) is 9.97 Å². The van der Waals surface area contributed by atoms with Gasteiger partial charge in [-0.3, -0.25) is 0 Å². The molecule has 0 aliphatic heterocycles. The number of fused-ring (bicyclic) bond motifs is 1. The van der Waals surface area contributed by atoms with Gasteiger partial charge >= 0.3 is 0 Å². The summed E-state index contributed by atoms with van der Waals surface area (Å²) < 4.78 is 2.21. The highest BCUT2D eigenvalue weighted by Crippen LogP contribution is 2.28. The first-order valence-electron chi connectivity index (χ1n) is 10.1. The Labute approximate surface area is 178 Å².